The average Bonchev–Trinajstić information content (AvgIpc) is 2.68. The number of rotatable bonds is 3. The molecule has 0 aliphatic carbocycles. The van der Waals surface area contributed by atoms with E-state index < -0.39 is 0 Å². The first-order valence-electron chi connectivity index (χ1n) is 5.48. The Morgan fingerprint density at radius 3 is 2.75 bits per heavy atom. The van der Waals surface area contributed by atoms with Gasteiger partial charge in [-0.15, -0.1) is 0 Å². The smallest absolute Gasteiger partial charge is 0.316 e. The molecule has 88 valence electrons. The summed E-state index contributed by atoms with van der Waals surface area (Å²) in [7, 11) is 2.14. The Hall–Kier alpha value is -0.680. The SMILES string of the molecule is C[C@H](Oc1ncc(Br)cn1)[C@H]1CCN(C)C1. The van der Waals surface area contributed by atoms with Gasteiger partial charge in [0.25, 0.3) is 0 Å². The molecule has 0 bridgehead atoms. The van der Waals surface area contributed by atoms with Gasteiger partial charge < -0.3 is 9.64 Å². The van der Waals surface area contributed by atoms with E-state index in [0.717, 1.165) is 17.6 Å². The van der Waals surface area contributed by atoms with Gasteiger partial charge in [0.1, 0.15) is 6.10 Å². The lowest BCUT2D eigenvalue weighted by atomic mass is 10.0. The van der Waals surface area contributed by atoms with Crippen LogP contribution in [0.4, 0.5) is 0 Å². The zero-order valence-corrected chi connectivity index (χ0v) is 11.1. The molecule has 1 aromatic rings. The van der Waals surface area contributed by atoms with E-state index in [1.165, 1.54) is 6.42 Å². The molecule has 1 aliphatic rings. The highest BCUT2D eigenvalue weighted by Crippen LogP contribution is 2.21. The molecule has 16 heavy (non-hydrogen) atoms. The van der Waals surface area contributed by atoms with E-state index in [1.54, 1.807) is 12.4 Å². The van der Waals surface area contributed by atoms with Gasteiger partial charge in [-0.3, -0.25) is 0 Å². The number of ether oxygens (including phenoxy) is 1. The Morgan fingerprint density at radius 1 is 1.50 bits per heavy atom. The number of hydrogen-bond acceptors (Lipinski definition) is 4. The minimum Gasteiger partial charge on any atom is -0.460 e. The van der Waals surface area contributed by atoms with Crippen molar-refractivity contribution in [2.45, 2.75) is 19.4 Å². The Bertz CT molecular complexity index is 344. The van der Waals surface area contributed by atoms with Crippen LogP contribution in [0.2, 0.25) is 0 Å². The molecule has 2 rings (SSSR count). The first-order chi connectivity index (χ1) is 7.65. The first-order valence-corrected chi connectivity index (χ1v) is 6.27. The van der Waals surface area contributed by atoms with Crippen LogP contribution in [0.3, 0.4) is 0 Å². The van der Waals surface area contributed by atoms with Gasteiger partial charge in [0.05, 0.1) is 4.47 Å². The Labute approximate surface area is 104 Å². The number of nitrogens with zero attached hydrogens (tertiary/aromatic N) is 3. The quantitative estimate of drug-likeness (QED) is 0.851. The zero-order valence-electron chi connectivity index (χ0n) is 9.56. The molecule has 0 spiro atoms. The second-order valence-corrected chi connectivity index (χ2v) is 5.23. The van der Waals surface area contributed by atoms with Crippen LogP contribution in [-0.2, 0) is 0 Å². The number of hydrogen-bond donors (Lipinski definition) is 0. The van der Waals surface area contributed by atoms with Crippen LogP contribution >= 0.6 is 15.9 Å². The maximum absolute atomic E-state index is 5.73. The van der Waals surface area contributed by atoms with Gasteiger partial charge in [-0.2, -0.15) is 0 Å². The predicted molar refractivity (Wildman–Crippen MR) is 65.4 cm³/mol. The third-order valence-corrected chi connectivity index (χ3v) is 3.39. The van der Waals surface area contributed by atoms with Crippen LogP contribution in [0.1, 0.15) is 13.3 Å². The van der Waals surface area contributed by atoms with Crippen LogP contribution in [0, 0.1) is 5.92 Å². The number of aromatic nitrogens is 2. The van der Waals surface area contributed by atoms with Gasteiger partial charge in [-0.25, -0.2) is 9.97 Å². The summed E-state index contributed by atoms with van der Waals surface area (Å²) in [5, 5.41) is 0. The molecule has 0 radical (unpaired) electrons. The van der Waals surface area contributed by atoms with Crippen molar-refractivity contribution in [2.24, 2.45) is 5.92 Å². The van der Waals surface area contributed by atoms with Crippen LogP contribution in [0.15, 0.2) is 16.9 Å². The van der Waals surface area contributed by atoms with E-state index in [0.29, 0.717) is 11.9 Å². The lowest BCUT2D eigenvalue weighted by molar-refractivity contribution is 0.141. The second-order valence-electron chi connectivity index (χ2n) is 4.32. The average molecular weight is 286 g/mol. The fraction of sp³-hybridized carbons (Fsp3) is 0.636. The summed E-state index contributed by atoms with van der Waals surface area (Å²) in [4.78, 5) is 10.6. The fourth-order valence-electron chi connectivity index (χ4n) is 1.98. The van der Waals surface area contributed by atoms with Gasteiger partial charge in [0.15, 0.2) is 0 Å². The van der Waals surface area contributed by atoms with Crippen LogP contribution < -0.4 is 4.74 Å². The molecule has 4 nitrogen and oxygen atoms in total. The van der Waals surface area contributed by atoms with Crippen molar-refractivity contribution in [1.82, 2.24) is 14.9 Å². The van der Waals surface area contributed by atoms with Crippen LogP contribution in [-0.4, -0.2) is 41.1 Å². The molecule has 2 heterocycles. The summed E-state index contributed by atoms with van der Waals surface area (Å²) in [6.07, 6.45) is 4.77. The summed E-state index contributed by atoms with van der Waals surface area (Å²) in [6, 6.07) is 0.463. The molecule has 2 atom stereocenters. The maximum Gasteiger partial charge on any atom is 0.316 e. The highest BCUT2D eigenvalue weighted by molar-refractivity contribution is 9.10. The molecule has 0 unspecified atom stereocenters. The molecular formula is C11H16BrN3O. The number of likely N-dealkylation sites (tertiary alicyclic amines) is 1. The molecule has 0 saturated carbocycles. The first kappa shape index (κ1) is 11.8. The van der Waals surface area contributed by atoms with Crippen molar-refractivity contribution in [2.75, 3.05) is 20.1 Å². The Kier molecular flexibility index (Phi) is 3.76. The van der Waals surface area contributed by atoms with E-state index in [4.69, 9.17) is 4.74 Å². The molecule has 1 fully saturated rings. The van der Waals surface area contributed by atoms with Gasteiger partial charge in [-0.1, -0.05) is 0 Å². The monoisotopic (exact) mass is 285 g/mol. The second kappa shape index (κ2) is 5.10. The highest BCUT2D eigenvalue weighted by Gasteiger charge is 2.26. The molecule has 5 heteroatoms. The van der Waals surface area contributed by atoms with E-state index in [9.17, 15) is 0 Å². The Morgan fingerprint density at radius 2 is 2.19 bits per heavy atom. The third kappa shape index (κ3) is 2.92. The largest absolute Gasteiger partial charge is 0.460 e. The lowest BCUT2D eigenvalue weighted by Gasteiger charge is -2.19. The molecule has 0 N–H and O–H groups in total. The zero-order chi connectivity index (χ0) is 11.5. The van der Waals surface area contributed by atoms with Crippen LogP contribution in [0.25, 0.3) is 0 Å². The van der Waals surface area contributed by atoms with Crippen molar-refractivity contribution < 1.29 is 4.74 Å². The van der Waals surface area contributed by atoms with Crippen LogP contribution in [0.5, 0.6) is 6.01 Å². The highest BCUT2D eigenvalue weighted by atomic mass is 79.9. The van der Waals surface area contributed by atoms with Gasteiger partial charge in [0, 0.05) is 24.9 Å². The van der Waals surface area contributed by atoms with E-state index in [-0.39, 0.29) is 6.10 Å². The summed E-state index contributed by atoms with van der Waals surface area (Å²) >= 11 is 3.30. The van der Waals surface area contributed by atoms with Crippen molar-refractivity contribution in [3.63, 3.8) is 0 Å². The van der Waals surface area contributed by atoms with Gasteiger partial charge in [-0.05, 0) is 42.9 Å². The summed E-state index contributed by atoms with van der Waals surface area (Å²) in [5.74, 6) is 0.581. The summed E-state index contributed by atoms with van der Waals surface area (Å²) < 4.78 is 6.60. The summed E-state index contributed by atoms with van der Waals surface area (Å²) in [6.45, 7) is 4.34. The van der Waals surface area contributed by atoms with Gasteiger partial charge in [0.2, 0.25) is 0 Å². The van der Waals surface area contributed by atoms with Crippen molar-refractivity contribution >= 4 is 15.9 Å². The van der Waals surface area contributed by atoms with Gasteiger partial charge >= 0.3 is 6.01 Å². The molecule has 1 saturated heterocycles. The number of halogens is 1. The maximum atomic E-state index is 5.73. The lowest BCUT2D eigenvalue weighted by Crippen LogP contribution is -2.26. The van der Waals surface area contributed by atoms with Crippen molar-refractivity contribution in [3.05, 3.63) is 16.9 Å². The predicted octanol–water partition coefficient (Wildman–Crippen LogP) is 1.96. The molecule has 0 aromatic carbocycles. The Balaban J connectivity index is 1.91. The topological polar surface area (TPSA) is 38.3 Å². The van der Waals surface area contributed by atoms with E-state index in [1.807, 2.05) is 0 Å². The molecule has 0 amide bonds. The third-order valence-electron chi connectivity index (χ3n) is 2.98. The molecule has 1 aromatic heterocycles. The standard InChI is InChI=1S/C11H16BrN3O/c1-8(9-3-4-15(2)7-9)16-11-13-5-10(12)6-14-11/h5-6,8-9H,3-4,7H2,1-2H3/t8-,9-/m0/s1. The minimum absolute atomic E-state index is 0.172. The minimum atomic E-state index is 0.172. The van der Waals surface area contributed by atoms with Crippen molar-refractivity contribution in [1.29, 1.82) is 0 Å². The van der Waals surface area contributed by atoms with Crippen molar-refractivity contribution in [3.8, 4) is 6.01 Å². The molecular weight excluding hydrogens is 270 g/mol. The summed E-state index contributed by atoms with van der Waals surface area (Å²) in [5.41, 5.74) is 0. The normalized spacial score (nSPS) is 23.3. The fourth-order valence-corrected chi connectivity index (χ4v) is 2.18. The van der Waals surface area contributed by atoms with E-state index >= 15 is 0 Å². The van der Waals surface area contributed by atoms with E-state index in [2.05, 4.69) is 44.8 Å². The molecule has 1 aliphatic heterocycles.